The van der Waals surface area contributed by atoms with Crippen molar-refractivity contribution in [3.63, 3.8) is 0 Å². The molecular weight excluding hydrogens is 638 g/mol. The lowest BCUT2D eigenvalue weighted by Gasteiger charge is -2.30. The van der Waals surface area contributed by atoms with Crippen LogP contribution < -0.4 is 16.0 Å². The second-order valence-corrected chi connectivity index (χ2v) is 13.8. The summed E-state index contributed by atoms with van der Waals surface area (Å²) in [6, 6.07) is 14.1. The molecule has 5 N–H and O–H groups in total. The number of hydrogen-bond donors (Lipinski definition) is 5. The van der Waals surface area contributed by atoms with Crippen molar-refractivity contribution in [3.8, 4) is 0 Å². The van der Waals surface area contributed by atoms with E-state index in [1.54, 1.807) is 6.20 Å². The highest BCUT2D eigenvalue weighted by molar-refractivity contribution is 5.96. The lowest BCUT2D eigenvalue weighted by molar-refractivity contribution is -0.142. The number of aliphatic hydroxyl groups is 1. The molecule has 50 heavy (non-hydrogen) atoms. The summed E-state index contributed by atoms with van der Waals surface area (Å²) < 4.78 is 0. The van der Waals surface area contributed by atoms with E-state index >= 15 is 0 Å². The van der Waals surface area contributed by atoms with Crippen molar-refractivity contribution in [2.45, 2.75) is 75.2 Å². The van der Waals surface area contributed by atoms with Crippen LogP contribution in [0.4, 0.5) is 0 Å². The van der Waals surface area contributed by atoms with Gasteiger partial charge in [-0.05, 0) is 37.1 Å². The van der Waals surface area contributed by atoms with E-state index in [0.717, 1.165) is 47.7 Å². The Morgan fingerprint density at radius 2 is 1.66 bits per heavy atom. The SMILES string of the molecule is CN(CC(=O)N1CCNC(=O)[C@H](Cc2ccccc2)NC(=O)[C@@H]2C[C@@H](O)CN2C(=O)[C@@H](Cc2c[nH]c3ccccc23)NC(=O)C1)C1CCCC1. The molecule has 1 aromatic heterocycles. The molecule has 2 aliphatic heterocycles. The maximum Gasteiger partial charge on any atom is 0.246 e. The summed E-state index contributed by atoms with van der Waals surface area (Å²) in [4.78, 5) is 77.2. The van der Waals surface area contributed by atoms with Crippen molar-refractivity contribution in [1.82, 2.24) is 35.6 Å². The molecule has 0 bridgehead atoms. The lowest BCUT2D eigenvalue weighted by Crippen LogP contribution is -2.57. The molecule has 0 spiro atoms. The standard InChI is InChI=1S/C37H47N7O6/c1-42(26-11-5-6-12-26)23-34(47)43-16-15-38-35(48)30(17-24-9-3-2-4-10-24)41-36(49)32-19-27(45)21-44(32)37(50)31(40-33(46)22-43)18-25-20-39-29-14-8-7-13-28(25)29/h2-4,7-10,13-14,20,26-27,30-32,39,45H,5-6,11-12,15-19,21-23H2,1H3,(H,38,48)(H,40,46)(H,41,49)/t27-,30+,31-,32+/m1/s1. The lowest BCUT2D eigenvalue weighted by atomic mass is 10.0. The van der Waals surface area contributed by atoms with Crippen LogP contribution in [0.5, 0.6) is 0 Å². The van der Waals surface area contributed by atoms with Gasteiger partial charge in [-0.15, -0.1) is 0 Å². The molecule has 3 aromatic rings. The summed E-state index contributed by atoms with van der Waals surface area (Å²) in [6.45, 7) is -0.196. The number of likely N-dealkylation sites (N-methyl/N-ethyl adjacent to an activating group) is 1. The van der Waals surface area contributed by atoms with Crippen molar-refractivity contribution in [3.05, 3.63) is 71.9 Å². The van der Waals surface area contributed by atoms with Crippen LogP contribution in [0.2, 0.25) is 0 Å². The van der Waals surface area contributed by atoms with E-state index < -0.39 is 47.9 Å². The van der Waals surface area contributed by atoms with Crippen LogP contribution in [0.3, 0.4) is 0 Å². The largest absolute Gasteiger partial charge is 0.391 e. The number of nitrogens with zero attached hydrogens (tertiary/aromatic N) is 3. The molecule has 5 amide bonds. The minimum atomic E-state index is -1.09. The van der Waals surface area contributed by atoms with Crippen LogP contribution in [0, 0.1) is 0 Å². The first-order valence-electron chi connectivity index (χ1n) is 17.6. The number of carbonyl (C=O) groups is 5. The van der Waals surface area contributed by atoms with Crippen LogP contribution in [0.15, 0.2) is 60.8 Å². The topological polar surface area (TPSA) is 167 Å². The maximum absolute atomic E-state index is 14.4. The van der Waals surface area contributed by atoms with Gasteiger partial charge in [0.25, 0.3) is 0 Å². The van der Waals surface area contributed by atoms with E-state index in [0.29, 0.717) is 6.04 Å². The molecule has 1 saturated carbocycles. The summed E-state index contributed by atoms with van der Waals surface area (Å²) in [5, 5.41) is 20.2. The number of benzene rings is 2. The van der Waals surface area contributed by atoms with Gasteiger partial charge in [-0.1, -0.05) is 61.4 Å². The molecule has 2 aromatic carbocycles. The number of para-hydroxylation sites is 1. The first kappa shape index (κ1) is 35.1. The third kappa shape index (κ3) is 8.33. The minimum Gasteiger partial charge on any atom is -0.391 e. The molecule has 0 unspecified atom stereocenters. The van der Waals surface area contributed by atoms with Gasteiger partial charge in [0.05, 0.1) is 19.2 Å². The summed E-state index contributed by atoms with van der Waals surface area (Å²) in [6.07, 6.45) is 5.38. The highest BCUT2D eigenvalue weighted by Gasteiger charge is 2.43. The number of H-pyrrole nitrogens is 1. The molecule has 266 valence electrons. The van der Waals surface area contributed by atoms with Gasteiger partial charge in [-0.3, -0.25) is 28.9 Å². The van der Waals surface area contributed by atoms with Gasteiger partial charge < -0.3 is 35.8 Å². The van der Waals surface area contributed by atoms with Crippen molar-refractivity contribution >= 4 is 40.4 Å². The molecular formula is C37H47N7O6. The number of amides is 5. The molecule has 3 fully saturated rings. The summed E-state index contributed by atoms with van der Waals surface area (Å²) >= 11 is 0. The van der Waals surface area contributed by atoms with Crippen LogP contribution in [-0.4, -0.2) is 124 Å². The number of rotatable bonds is 7. The fourth-order valence-electron chi connectivity index (χ4n) is 7.48. The zero-order chi connectivity index (χ0) is 35.2. The molecule has 3 heterocycles. The Labute approximate surface area is 291 Å². The molecule has 4 atom stereocenters. The van der Waals surface area contributed by atoms with Crippen molar-refractivity contribution in [1.29, 1.82) is 0 Å². The number of aromatic nitrogens is 1. The third-order valence-electron chi connectivity index (χ3n) is 10.2. The van der Waals surface area contributed by atoms with E-state index in [2.05, 4.69) is 20.9 Å². The molecule has 1 aliphatic carbocycles. The van der Waals surface area contributed by atoms with Gasteiger partial charge in [0.2, 0.25) is 29.5 Å². The van der Waals surface area contributed by atoms with Gasteiger partial charge in [-0.2, -0.15) is 0 Å². The fourth-order valence-corrected chi connectivity index (χ4v) is 7.48. The smallest absolute Gasteiger partial charge is 0.246 e. The normalized spacial score (nSPS) is 24.5. The predicted octanol–water partition coefficient (Wildman–Crippen LogP) is 0.717. The Morgan fingerprint density at radius 1 is 0.920 bits per heavy atom. The number of carbonyl (C=O) groups excluding carboxylic acids is 5. The molecule has 6 rings (SSSR count). The number of fused-ring (bicyclic) bond motifs is 2. The van der Waals surface area contributed by atoms with Crippen molar-refractivity contribution < 1.29 is 29.1 Å². The number of nitrogens with one attached hydrogen (secondary N) is 4. The second kappa shape index (κ2) is 15.9. The van der Waals surface area contributed by atoms with Crippen LogP contribution >= 0.6 is 0 Å². The van der Waals surface area contributed by atoms with Gasteiger partial charge in [0, 0.05) is 62.0 Å². The quantitative estimate of drug-likeness (QED) is 0.244. The Morgan fingerprint density at radius 3 is 2.44 bits per heavy atom. The van der Waals surface area contributed by atoms with E-state index in [1.165, 1.54) is 9.80 Å². The number of aliphatic hydroxyl groups excluding tert-OH is 1. The number of aromatic amines is 1. The monoisotopic (exact) mass is 685 g/mol. The van der Waals surface area contributed by atoms with Gasteiger partial charge in [-0.25, -0.2) is 0 Å². The average molecular weight is 686 g/mol. The van der Waals surface area contributed by atoms with E-state index in [4.69, 9.17) is 0 Å². The van der Waals surface area contributed by atoms with E-state index in [1.807, 2.05) is 66.5 Å². The summed E-state index contributed by atoms with van der Waals surface area (Å²) in [7, 11) is 1.91. The molecule has 2 saturated heterocycles. The highest BCUT2D eigenvalue weighted by Crippen LogP contribution is 2.24. The first-order valence-corrected chi connectivity index (χ1v) is 17.6. The molecule has 3 aliphatic rings. The second-order valence-electron chi connectivity index (χ2n) is 13.8. The van der Waals surface area contributed by atoms with Crippen LogP contribution in [-0.2, 0) is 36.8 Å². The maximum atomic E-state index is 14.4. The van der Waals surface area contributed by atoms with E-state index in [9.17, 15) is 29.1 Å². The molecule has 13 heteroatoms. The van der Waals surface area contributed by atoms with Gasteiger partial charge in [0.15, 0.2) is 0 Å². The third-order valence-corrected chi connectivity index (χ3v) is 10.2. The molecule has 0 radical (unpaired) electrons. The summed E-state index contributed by atoms with van der Waals surface area (Å²) in [5.74, 6) is -2.35. The Hall–Kier alpha value is -4.75. The highest BCUT2D eigenvalue weighted by atomic mass is 16.3. The van der Waals surface area contributed by atoms with Crippen molar-refractivity contribution in [2.24, 2.45) is 0 Å². The van der Waals surface area contributed by atoms with Crippen molar-refractivity contribution in [2.75, 3.05) is 39.8 Å². The predicted molar refractivity (Wildman–Crippen MR) is 187 cm³/mol. The Bertz CT molecular complexity index is 1690. The van der Waals surface area contributed by atoms with Gasteiger partial charge in [0.1, 0.15) is 18.1 Å². The first-order chi connectivity index (χ1) is 24.2. The Balaban J connectivity index is 1.30. The summed E-state index contributed by atoms with van der Waals surface area (Å²) in [5.41, 5.74) is 2.49. The molecule has 13 nitrogen and oxygen atoms in total. The zero-order valence-electron chi connectivity index (χ0n) is 28.5. The zero-order valence-corrected chi connectivity index (χ0v) is 28.5. The van der Waals surface area contributed by atoms with Gasteiger partial charge >= 0.3 is 0 Å². The van der Waals surface area contributed by atoms with Crippen LogP contribution in [0.25, 0.3) is 10.9 Å². The van der Waals surface area contributed by atoms with E-state index in [-0.39, 0.29) is 57.9 Å². The minimum absolute atomic E-state index is 0.0121. The Kier molecular flexibility index (Phi) is 11.1. The van der Waals surface area contributed by atoms with Crippen LogP contribution in [0.1, 0.15) is 43.2 Å². The number of hydrogen-bond acceptors (Lipinski definition) is 7. The average Bonchev–Trinajstić information content (AvgIpc) is 3.88. The fraction of sp³-hybridized carbons (Fsp3) is 0.486.